The lowest BCUT2D eigenvalue weighted by Gasteiger charge is -2.19. The second kappa shape index (κ2) is 5.74. The van der Waals surface area contributed by atoms with Crippen molar-refractivity contribution in [2.75, 3.05) is 5.32 Å². The predicted octanol–water partition coefficient (Wildman–Crippen LogP) is 5.37. The zero-order valence-electron chi connectivity index (χ0n) is 12.1. The molecule has 2 aromatic carbocycles. The number of nitrogens with one attached hydrogen (secondary N) is 1. The number of pyridine rings is 1. The molecule has 0 aliphatic rings. The quantitative estimate of drug-likeness (QED) is 0.703. The van der Waals surface area contributed by atoms with Crippen LogP contribution in [0.25, 0.3) is 10.9 Å². The topological polar surface area (TPSA) is 24.9 Å². The smallest absolute Gasteiger partial charge is 0.0908 e. The van der Waals surface area contributed by atoms with Crippen molar-refractivity contribution >= 4 is 28.2 Å². The molecule has 1 heterocycles. The van der Waals surface area contributed by atoms with E-state index in [9.17, 15) is 0 Å². The number of aromatic nitrogens is 1. The third-order valence-corrected chi connectivity index (χ3v) is 4.05. The highest BCUT2D eigenvalue weighted by molar-refractivity contribution is 6.35. The molecule has 0 aliphatic heterocycles. The molecule has 0 saturated carbocycles. The Bertz CT molecular complexity index is 783. The molecule has 0 aliphatic carbocycles. The summed E-state index contributed by atoms with van der Waals surface area (Å²) in [5.41, 5.74) is 4.47. The largest absolute Gasteiger partial charge is 0.378 e. The molecule has 21 heavy (non-hydrogen) atoms. The van der Waals surface area contributed by atoms with E-state index < -0.39 is 0 Å². The lowest BCUT2D eigenvalue weighted by Crippen LogP contribution is -2.08. The third-order valence-electron chi connectivity index (χ3n) is 3.75. The molecule has 0 fully saturated rings. The van der Waals surface area contributed by atoms with Gasteiger partial charge in [-0.05, 0) is 49.2 Å². The van der Waals surface area contributed by atoms with Gasteiger partial charge in [0.25, 0.3) is 0 Å². The maximum Gasteiger partial charge on any atom is 0.0908 e. The number of anilines is 1. The summed E-state index contributed by atoms with van der Waals surface area (Å²) >= 11 is 6.22. The van der Waals surface area contributed by atoms with Gasteiger partial charge in [-0.3, -0.25) is 4.98 Å². The minimum Gasteiger partial charge on any atom is -0.378 e. The number of hydrogen-bond donors (Lipinski definition) is 1. The fourth-order valence-corrected chi connectivity index (χ4v) is 2.86. The molecule has 2 nitrogen and oxygen atoms in total. The molecule has 1 unspecified atom stereocenters. The van der Waals surface area contributed by atoms with Gasteiger partial charge >= 0.3 is 0 Å². The Morgan fingerprint density at radius 2 is 1.86 bits per heavy atom. The van der Waals surface area contributed by atoms with Crippen LogP contribution in [0.15, 0.2) is 54.7 Å². The lowest BCUT2D eigenvalue weighted by molar-refractivity contribution is 0.876. The Morgan fingerprint density at radius 1 is 1.05 bits per heavy atom. The van der Waals surface area contributed by atoms with Crippen molar-refractivity contribution in [3.8, 4) is 0 Å². The fourth-order valence-electron chi connectivity index (χ4n) is 2.65. The summed E-state index contributed by atoms with van der Waals surface area (Å²) in [7, 11) is 0. The van der Waals surface area contributed by atoms with Crippen molar-refractivity contribution in [2.24, 2.45) is 0 Å². The molecule has 1 atom stereocenters. The van der Waals surface area contributed by atoms with E-state index in [0.29, 0.717) is 5.02 Å². The van der Waals surface area contributed by atoms with Gasteiger partial charge in [0.15, 0.2) is 0 Å². The summed E-state index contributed by atoms with van der Waals surface area (Å²) in [5, 5.41) is 5.30. The molecule has 1 aromatic heterocycles. The number of halogens is 1. The van der Waals surface area contributed by atoms with Crippen molar-refractivity contribution in [3.05, 3.63) is 70.9 Å². The van der Waals surface area contributed by atoms with Crippen LogP contribution in [0, 0.1) is 6.92 Å². The minimum absolute atomic E-state index is 0.218. The highest BCUT2D eigenvalue weighted by atomic mass is 35.5. The molecule has 0 bridgehead atoms. The average Bonchev–Trinajstić information content (AvgIpc) is 2.51. The van der Waals surface area contributed by atoms with E-state index in [0.717, 1.165) is 16.6 Å². The first-order valence-corrected chi connectivity index (χ1v) is 7.40. The molecule has 0 amide bonds. The van der Waals surface area contributed by atoms with Crippen molar-refractivity contribution in [1.82, 2.24) is 4.98 Å². The summed E-state index contributed by atoms with van der Waals surface area (Å²) in [6.45, 7) is 4.30. The van der Waals surface area contributed by atoms with Crippen molar-refractivity contribution in [2.45, 2.75) is 19.9 Å². The SMILES string of the molecule is Cc1ccccc1C(C)Nc1ccc(Cl)c2ncccc12. The molecule has 3 rings (SSSR count). The molecular formula is C18H17ClN2. The number of aryl methyl sites for hydroxylation is 1. The van der Waals surface area contributed by atoms with Crippen molar-refractivity contribution < 1.29 is 0 Å². The van der Waals surface area contributed by atoms with Crippen LogP contribution in [0.2, 0.25) is 5.02 Å². The lowest BCUT2D eigenvalue weighted by atomic mass is 10.0. The molecule has 0 radical (unpaired) electrons. The van der Waals surface area contributed by atoms with E-state index in [-0.39, 0.29) is 6.04 Å². The number of nitrogens with zero attached hydrogens (tertiary/aromatic N) is 1. The fraction of sp³-hybridized carbons (Fsp3) is 0.167. The van der Waals surface area contributed by atoms with Crippen LogP contribution >= 0.6 is 11.6 Å². The molecule has 0 spiro atoms. The molecule has 3 heteroatoms. The first-order valence-electron chi connectivity index (χ1n) is 7.02. The van der Waals surface area contributed by atoms with Crippen LogP contribution in [0.3, 0.4) is 0 Å². The van der Waals surface area contributed by atoms with Gasteiger partial charge in [-0.15, -0.1) is 0 Å². The third kappa shape index (κ3) is 2.72. The van der Waals surface area contributed by atoms with Crippen LogP contribution in [0.1, 0.15) is 24.1 Å². The molecule has 1 N–H and O–H groups in total. The minimum atomic E-state index is 0.218. The Hall–Kier alpha value is -2.06. The summed E-state index contributed by atoms with van der Waals surface area (Å²) in [5.74, 6) is 0. The Labute approximate surface area is 129 Å². The van der Waals surface area contributed by atoms with E-state index in [1.165, 1.54) is 11.1 Å². The highest BCUT2D eigenvalue weighted by Gasteiger charge is 2.11. The Balaban J connectivity index is 1.99. The van der Waals surface area contributed by atoms with E-state index in [2.05, 4.69) is 48.4 Å². The van der Waals surface area contributed by atoms with E-state index in [1.807, 2.05) is 24.3 Å². The maximum atomic E-state index is 6.22. The van der Waals surface area contributed by atoms with Crippen LogP contribution in [0.5, 0.6) is 0 Å². The first-order chi connectivity index (χ1) is 10.2. The summed E-state index contributed by atoms with van der Waals surface area (Å²) < 4.78 is 0. The predicted molar refractivity (Wildman–Crippen MR) is 90.0 cm³/mol. The van der Waals surface area contributed by atoms with Crippen molar-refractivity contribution in [1.29, 1.82) is 0 Å². The van der Waals surface area contributed by atoms with Gasteiger partial charge in [-0.25, -0.2) is 0 Å². The van der Waals surface area contributed by atoms with Gasteiger partial charge in [-0.2, -0.15) is 0 Å². The Morgan fingerprint density at radius 3 is 2.67 bits per heavy atom. The van der Waals surface area contributed by atoms with E-state index in [4.69, 9.17) is 11.6 Å². The van der Waals surface area contributed by atoms with Gasteiger partial charge in [0.05, 0.1) is 10.5 Å². The zero-order chi connectivity index (χ0) is 14.8. The highest BCUT2D eigenvalue weighted by Crippen LogP contribution is 2.31. The van der Waals surface area contributed by atoms with Gasteiger partial charge < -0.3 is 5.32 Å². The van der Waals surface area contributed by atoms with Gasteiger partial charge in [0.1, 0.15) is 0 Å². The van der Waals surface area contributed by atoms with Gasteiger partial charge in [0, 0.05) is 23.3 Å². The number of hydrogen-bond acceptors (Lipinski definition) is 2. The van der Waals surface area contributed by atoms with Crippen LogP contribution in [-0.2, 0) is 0 Å². The number of fused-ring (bicyclic) bond motifs is 1. The van der Waals surface area contributed by atoms with Crippen molar-refractivity contribution in [3.63, 3.8) is 0 Å². The molecule has 106 valence electrons. The van der Waals surface area contributed by atoms with E-state index >= 15 is 0 Å². The Kier molecular flexibility index (Phi) is 3.80. The van der Waals surface area contributed by atoms with Gasteiger partial charge in [0.2, 0.25) is 0 Å². The summed E-state index contributed by atoms with van der Waals surface area (Å²) in [6.07, 6.45) is 1.77. The average molecular weight is 297 g/mol. The van der Waals surface area contributed by atoms with E-state index in [1.54, 1.807) is 6.20 Å². The monoisotopic (exact) mass is 296 g/mol. The maximum absolute atomic E-state index is 6.22. The number of rotatable bonds is 3. The second-order valence-corrected chi connectivity index (χ2v) is 5.62. The summed E-state index contributed by atoms with van der Waals surface area (Å²) in [4.78, 5) is 4.37. The standard InChI is InChI=1S/C18H17ClN2/c1-12-6-3-4-7-14(12)13(2)21-17-10-9-16(19)18-15(17)8-5-11-20-18/h3-11,13,21H,1-2H3. The normalized spacial score (nSPS) is 12.3. The number of benzene rings is 2. The second-order valence-electron chi connectivity index (χ2n) is 5.22. The molecule has 0 saturated heterocycles. The zero-order valence-corrected chi connectivity index (χ0v) is 12.9. The molecular weight excluding hydrogens is 280 g/mol. The summed E-state index contributed by atoms with van der Waals surface area (Å²) in [6, 6.07) is 16.5. The van der Waals surface area contributed by atoms with Crippen LogP contribution < -0.4 is 5.32 Å². The molecule has 3 aromatic rings. The first kappa shape index (κ1) is 13.9. The van der Waals surface area contributed by atoms with Crippen LogP contribution in [0.4, 0.5) is 5.69 Å². The van der Waals surface area contributed by atoms with Crippen LogP contribution in [-0.4, -0.2) is 4.98 Å². The van der Waals surface area contributed by atoms with Gasteiger partial charge in [-0.1, -0.05) is 35.9 Å².